The summed E-state index contributed by atoms with van der Waals surface area (Å²) in [5, 5.41) is 2.57. The van der Waals surface area contributed by atoms with Gasteiger partial charge in [-0.1, -0.05) is 51.2 Å². The number of carbonyl (C=O) groups is 4. The Morgan fingerprint density at radius 3 is 2.48 bits per heavy atom. The van der Waals surface area contributed by atoms with Crippen LogP contribution in [0.4, 0.5) is 11.4 Å². The maximum atomic E-state index is 13.9. The second kappa shape index (κ2) is 12.4. The van der Waals surface area contributed by atoms with E-state index in [1.165, 1.54) is 16.7 Å². The molecule has 0 aliphatic carbocycles. The van der Waals surface area contributed by atoms with Gasteiger partial charge in [-0.3, -0.25) is 19.2 Å². The van der Waals surface area contributed by atoms with Crippen molar-refractivity contribution in [2.75, 3.05) is 23.4 Å². The van der Waals surface area contributed by atoms with E-state index in [4.69, 9.17) is 9.47 Å². The summed E-state index contributed by atoms with van der Waals surface area (Å²) in [6.45, 7) is 1.69. The Morgan fingerprint density at radius 2 is 1.75 bits per heavy atom. The topological polar surface area (TPSA) is 135 Å². The number of imide groups is 1. The zero-order chi connectivity index (χ0) is 31.0. The number of H-pyrrole nitrogens is 1. The van der Waals surface area contributed by atoms with Gasteiger partial charge in [0.1, 0.15) is 11.0 Å². The van der Waals surface area contributed by atoms with Crippen molar-refractivity contribution in [3.05, 3.63) is 103 Å². The number of rotatable bonds is 8. The molecule has 10 nitrogen and oxygen atoms in total. The highest BCUT2D eigenvalue weighted by atomic mass is 79.9. The van der Waals surface area contributed by atoms with Crippen LogP contribution >= 0.6 is 39.0 Å². The van der Waals surface area contributed by atoms with Gasteiger partial charge in [0, 0.05) is 21.0 Å². The molecule has 0 radical (unpaired) electrons. The van der Waals surface area contributed by atoms with Crippen molar-refractivity contribution in [3.8, 4) is 5.75 Å². The maximum absolute atomic E-state index is 13.9. The van der Waals surface area contributed by atoms with Crippen molar-refractivity contribution < 1.29 is 28.7 Å². The van der Waals surface area contributed by atoms with Gasteiger partial charge in [-0.25, -0.2) is 9.69 Å². The first-order valence-corrected chi connectivity index (χ1v) is 16.0. The first kappa shape index (κ1) is 29.9. The monoisotopic (exact) mass is 693 g/mol. The second-order valence-electron chi connectivity index (χ2n) is 9.95. The number of ether oxygens (including phenoxy) is 2. The SMILES string of the molecule is CCOC(=O)c1ccc(NC(=O)COc2cccc([C@@H]3c4sc(=O)[nH]c4S[C@H]4C(=O)N(c5ccc(Br)cc5)C(=O)[C@@H]34)c2)cc1. The van der Waals surface area contributed by atoms with Crippen LogP contribution in [0.25, 0.3) is 0 Å². The summed E-state index contributed by atoms with van der Waals surface area (Å²) in [5.74, 6) is -2.48. The van der Waals surface area contributed by atoms with Gasteiger partial charge >= 0.3 is 10.8 Å². The largest absolute Gasteiger partial charge is 0.484 e. The highest BCUT2D eigenvalue weighted by Crippen LogP contribution is 2.53. The van der Waals surface area contributed by atoms with Crippen LogP contribution in [0.5, 0.6) is 5.75 Å². The number of hydrogen-bond acceptors (Lipinski definition) is 9. The highest BCUT2D eigenvalue weighted by molar-refractivity contribution is 9.10. The number of esters is 1. The van der Waals surface area contributed by atoms with E-state index in [-0.39, 0.29) is 29.9 Å². The molecule has 3 amide bonds. The van der Waals surface area contributed by atoms with E-state index in [1.807, 2.05) is 6.07 Å². The Balaban J connectivity index is 1.21. The number of hydrogen-bond donors (Lipinski definition) is 2. The third kappa shape index (κ3) is 5.82. The van der Waals surface area contributed by atoms with Crippen molar-refractivity contribution in [2.24, 2.45) is 5.92 Å². The molecule has 2 aliphatic heterocycles. The number of halogens is 1. The van der Waals surface area contributed by atoms with Gasteiger partial charge < -0.3 is 19.8 Å². The number of carbonyl (C=O) groups excluding carboxylic acids is 4. The zero-order valence-electron chi connectivity index (χ0n) is 23.1. The molecule has 3 aromatic carbocycles. The molecular formula is C31H24BrN3O7S2. The predicted molar refractivity (Wildman–Crippen MR) is 170 cm³/mol. The minimum Gasteiger partial charge on any atom is -0.484 e. The summed E-state index contributed by atoms with van der Waals surface area (Å²) in [5.41, 5.74) is 2.02. The first-order valence-electron chi connectivity index (χ1n) is 13.6. The van der Waals surface area contributed by atoms with E-state index in [9.17, 15) is 24.0 Å². The van der Waals surface area contributed by atoms with E-state index >= 15 is 0 Å². The van der Waals surface area contributed by atoms with Crippen LogP contribution in [0.1, 0.15) is 33.6 Å². The van der Waals surface area contributed by atoms with Crippen LogP contribution in [0.3, 0.4) is 0 Å². The molecule has 2 N–H and O–H groups in total. The summed E-state index contributed by atoms with van der Waals surface area (Å²) in [6.07, 6.45) is 0. The molecule has 3 heterocycles. The molecule has 13 heteroatoms. The third-order valence-corrected chi connectivity index (χ3v) is 10.1. The fourth-order valence-corrected chi connectivity index (χ4v) is 8.05. The van der Waals surface area contributed by atoms with Crippen LogP contribution in [0, 0.1) is 5.92 Å². The molecule has 0 bridgehead atoms. The molecule has 2 aliphatic rings. The van der Waals surface area contributed by atoms with Gasteiger partial charge in [-0.2, -0.15) is 0 Å². The number of thiazole rings is 1. The molecule has 0 saturated carbocycles. The van der Waals surface area contributed by atoms with Gasteiger partial charge in [0.2, 0.25) is 11.8 Å². The van der Waals surface area contributed by atoms with Crippen LogP contribution in [0.15, 0.2) is 87.1 Å². The number of nitrogens with zero attached hydrogens (tertiary/aromatic N) is 1. The lowest BCUT2D eigenvalue weighted by atomic mass is 9.83. The molecule has 6 rings (SSSR count). The van der Waals surface area contributed by atoms with E-state index < -0.39 is 29.0 Å². The smallest absolute Gasteiger partial charge is 0.338 e. The van der Waals surface area contributed by atoms with Crippen molar-refractivity contribution in [1.82, 2.24) is 4.98 Å². The Labute approximate surface area is 267 Å². The van der Waals surface area contributed by atoms with Crippen molar-refractivity contribution >= 4 is 74.1 Å². The van der Waals surface area contributed by atoms with Crippen LogP contribution in [-0.4, -0.2) is 47.1 Å². The Kier molecular flexibility index (Phi) is 8.43. The normalized spacial score (nSPS) is 18.9. The number of nitrogens with one attached hydrogen (secondary N) is 2. The number of benzene rings is 3. The highest BCUT2D eigenvalue weighted by Gasteiger charge is 2.56. The van der Waals surface area contributed by atoms with Crippen molar-refractivity contribution in [3.63, 3.8) is 0 Å². The Morgan fingerprint density at radius 1 is 1.00 bits per heavy atom. The number of amides is 3. The average Bonchev–Trinajstić information content (AvgIpc) is 3.51. The molecule has 224 valence electrons. The maximum Gasteiger partial charge on any atom is 0.338 e. The first-order chi connectivity index (χ1) is 21.2. The molecule has 3 atom stereocenters. The average molecular weight is 695 g/mol. The van der Waals surface area contributed by atoms with Gasteiger partial charge in [-0.15, -0.1) is 0 Å². The summed E-state index contributed by atoms with van der Waals surface area (Å²) < 4.78 is 11.6. The van der Waals surface area contributed by atoms with Gasteiger partial charge in [0.15, 0.2) is 6.61 Å². The quantitative estimate of drug-likeness (QED) is 0.190. The number of aromatic nitrogens is 1. The summed E-state index contributed by atoms with van der Waals surface area (Å²) in [4.78, 5) is 68.8. The molecule has 0 unspecified atom stereocenters. The van der Waals surface area contributed by atoms with Gasteiger partial charge in [-0.05, 0) is 73.2 Å². The lowest BCUT2D eigenvalue weighted by Gasteiger charge is -2.30. The van der Waals surface area contributed by atoms with E-state index in [0.717, 1.165) is 15.8 Å². The lowest BCUT2D eigenvalue weighted by Crippen LogP contribution is -2.32. The van der Waals surface area contributed by atoms with Crippen LogP contribution < -0.4 is 19.8 Å². The van der Waals surface area contributed by atoms with Crippen molar-refractivity contribution in [2.45, 2.75) is 23.1 Å². The standard InChI is InChI=1S/C31H24BrN3O7S2/c1-2-41-30(39)16-6-10-19(11-7-16)33-22(36)15-42-21-5-3-4-17(14-21)23-24-26(43-27-25(23)44-31(40)34-27)29(38)35(28(24)37)20-12-8-18(32)9-13-20/h3-14,23-24,26H,2,15H2,1H3,(H,33,36)(H,34,40)/t23-,24-,26+/m0/s1. The van der Waals surface area contributed by atoms with E-state index in [2.05, 4.69) is 26.2 Å². The molecule has 1 aromatic heterocycles. The second-order valence-corrected chi connectivity index (χ2v) is 13.0. The minimum atomic E-state index is -0.744. The number of anilines is 2. The van der Waals surface area contributed by atoms with E-state index in [1.54, 1.807) is 73.7 Å². The van der Waals surface area contributed by atoms with Crippen molar-refractivity contribution in [1.29, 1.82) is 0 Å². The number of thioether (sulfide) groups is 1. The fourth-order valence-electron chi connectivity index (χ4n) is 5.27. The number of aromatic amines is 1. The van der Waals surface area contributed by atoms with Crippen LogP contribution in [0.2, 0.25) is 0 Å². The lowest BCUT2D eigenvalue weighted by molar-refractivity contribution is -0.122. The minimum absolute atomic E-state index is 0.266. The van der Waals surface area contributed by atoms with Gasteiger partial charge in [0.25, 0.3) is 5.91 Å². The molecule has 4 aromatic rings. The molecule has 1 fully saturated rings. The summed E-state index contributed by atoms with van der Waals surface area (Å²) in [7, 11) is 0. The summed E-state index contributed by atoms with van der Waals surface area (Å²) >= 11 is 5.62. The fraction of sp³-hybridized carbons (Fsp3) is 0.194. The molecular weight excluding hydrogens is 670 g/mol. The number of fused-ring (bicyclic) bond motifs is 2. The van der Waals surface area contributed by atoms with E-state index in [0.29, 0.717) is 38.2 Å². The molecule has 1 saturated heterocycles. The zero-order valence-corrected chi connectivity index (χ0v) is 26.3. The predicted octanol–water partition coefficient (Wildman–Crippen LogP) is 5.19. The summed E-state index contributed by atoms with van der Waals surface area (Å²) in [6, 6.07) is 20.3. The molecule has 44 heavy (non-hydrogen) atoms. The molecule has 0 spiro atoms. The van der Waals surface area contributed by atoms with Crippen LogP contribution in [-0.2, 0) is 19.1 Å². The Bertz CT molecular complexity index is 1820. The Hall–Kier alpha value is -4.20. The van der Waals surface area contributed by atoms with Gasteiger partial charge in [0.05, 0.1) is 28.8 Å². The third-order valence-electron chi connectivity index (χ3n) is 7.18.